The quantitative estimate of drug-likeness (QED) is 0.616. The van der Waals surface area contributed by atoms with Crippen molar-refractivity contribution in [3.63, 3.8) is 0 Å². The van der Waals surface area contributed by atoms with Gasteiger partial charge in [-0.3, -0.25) is 14.9 Å². The van der Waals surface area contributed by atoms with E-state index in [-0.39, 0.29) is 12.1 Å². The van der Waals surface area contributed by atoms with E-state index in [4.69, 9.17) is 5.11 Å². The second-order valence-corrected chi connectivity index (χ2v) is 5.56. The minimum Gasteiger partial charge on any atom is -0.481 e. The topological polar surface area (TPSA) is 83.7 Å². The number of benzene rings is 1. The fourth-order valence-electron chi connectivity index (χ4n) is 2.75. The fourth-order valence-corrected chi connectivity index (χ4v) is 2.75. The predicted octanol–water partition coefficient (Wildman–Crippen LogP) is 2.32. The first kappa shape index (κ1) is 15.4. The Bertz CT molecular complexity index is 501. The van der Waals surface area contributed by atoms with Crippen LogP contribution in [-0.4, -0.2) is 40.5 Å². The lowest BCUT2D eigenvalue weighted by Crippen LogP contribution is -2.23. The molecule has 1 aromatic carbocycles. The summed E-state index contributed by atoms with van der Waals surface area (Å²) in [7, 11) is 0. The van der Waals surface area contributed by atoms with E-state index in [0.29, 0.717) is 5.92 Å². The molecule has 1 unspecified atom stereocenters. The van der Waals surface area contributed by atoms with E-state index in [1.54, 1.807) is 12.1 Å². The highest BCUT2D eigenvalue weighted by Crippen LogP contribution is 2.21. The molecule has 1 aromatic rings. The minimum atomic E-state index is -0.723. The molecular formula is C15H20N2O4. The van der Waals surface area contributed by atoms with Gasteiger partial charge in [0.2, 0.25) is 0 Å². The summed E-state index contributed by atoms with van der Waals surface area (Å²) in [5.74, 6) is -0.239. The van der Waals surface area contributed by atoms with Gasteiger partial charge in [-0.2, -0.15) is 0 Å². The molecule has 0 saturated carbocycles. The molecule has 21 heavy (non-hydrogen) atoms. The Hall–Kier alpha value is -1.95. The van der Waals surface area contributed by atoms with E-state index >= 15 is 0 Å². The molecular weight excluding hydrogens is 272 g/mol. The van der Waals surface area contributed by atoms with Gasteiger partial charge in [-0.25, -0.2) is 0 Å². The average molecular weight is 292 g/mol. The average Bonchev–Trinajstić information content (AvgIpc) is 2.91. The highest BCUT2D eigenvalue weighted by Gasteiger charge is 2.22. The number of rotatable bonds is 7. The van der Waals surface area contributed by atoms with Crippen LogP contribution in [0.25, 0.3) is 0 Å². The van der Waals surface area contributed by atoms with Crippen LogP contribution in [0.3, 0.4) is 0 Å². The number of nitrogens with zero attached hydrogens (tertiary/aromatic N) is 2. The van der Waals surface area contributed by atoms with Crippen molar-refractivity contribution in [2.45, 2.75) is 25.7 Å². The van der Waals surface area contributed by atoms with Crippen molar-refractivity contribution in [1.29, 1.82) is 0 Å². The molecule has 0 bridgehead atoms. The summed E-state index contributed by atoms with van der Waals surface area (Å²) in [6, 6.07) is 6.68. The van der Waals surface area contributed by atoms with Gasteiger partial charge in [0.15, 0.2) is 0 Å². The zero-order valence-electron chi connectivity index (χ0n) is 11.9. The number of aliphatic carboxylic acids is 1. The van der Waals surface area contributed by atoms with Gasteiger partial charge >= 0.3 is 5.97 Å². The van der Waals surface area contributed by atoms with Crippen molar-refractivity contribution in [3.05, 3.63) is 39.9 Å². The Morgan fingerprint density at radius 3 is 2.71 bits per heavy atom. The van der Waals surface area contributed by atoms with Crippen LogP contribution in [0.5, 0.6) is 0 Å². The molecule has 0 spiro atoms. The zero-order valence-corrected chi connectivity index (χ0v) is 11.9. The fraction of sp³-hybridized carbons (Fsp3) is 0.533. The molecule has 114 valence electrons. The summed E-state index contributed by atoms with van der Waals surface area (Å²) in [4.78, 5) is 23.1. The summed E-state index contributed by atoms with van der Waals surface area (Å²) in [5, 5.41) is 19.3. The van der Waals surface area contributed by atoms with Crippen LogP contribution in [0.1, 0.15) is 24.8 Å². The molecule has 0 aliphatic carbocycles. The Balaban J connectivity index is 1.74. The number of nitro groups is 1. The standard InChI is InChI=1S/C15H20N2O4/c18-15(19)6-3-13-8-10-16(11-13)9-7-12-1-4-14(5-2-12)17(20)21/h1-2,4-5,13H,3,6-11H2,(H,18,19). The number of carbonyl (C=O) groups is 1. The molecule has 0 aromatic heterocycles. The maximum absolute atomic E-state index is 10.6. The van der Waals surface area contributed by atoms with Crippen LogP contribution in [0.15, 0.2) is 24.3 Å². The highest BCUT2D eigenvalue weighted by molar-refractivity contribution is 5.66. The van der Waals surface area contributed by atoms with Crippen LogP contribution in [0.4, 0.5) is 5.69 Å². The third-order valence-corrected chi connectivity index (χ3v) is 4.00. The molecule has 6 heteroatoms. The number of carboxylic acid groups (broad SMARTS) is 1. The minimum absolute atomic E-state index is 0.119. The summed E-state index contributed by atoms with van der Waals surface area (Å²) in [6.45, 7) is 2.89. The second-order valence-electron chi connectivity index (χ2n) is 5.56. The van der Waals surface area contributed by atoms with Gasteiger partial charge in [0.05, 0.1) is 4.92 Å². The SMILES string of the molecule is O=C(O)CCC1CCN(CCc2ccc([N+](=O)[O-])cc2)C1. The number of hydrogen-bond acceptors (Lipinski definition) is 4. The smallest absolute Gasteiger partial charge is 0.303 e. The van der Waals surface area contributed by atoms with Crippen LogP contribution in [-0.2, 0) is 11.2 Å². The van der Waals surface area contributed by atoms with E-state index in [2.05, 4.69) is 4.90 Å². The Morgan fingerprint density at radius 1 is 1.38 bits per heavy atom. The third-order valence-electron chi connectivity index (χ3n) is 4.00. The maximum atomic E-state index is 10.6. The van der Waals surface area contributed by atoms with Crippen LogP contribution < -0.4 is 0 Å². The van der Waals surface area contributed by atoms with Gasteiger partial charge in [0.1, 0.15) is 0 Å². The van der Waals surface area contributed by atoms with Gasteiger partial charge in [0, 0.05) is 31.6 Å². The highest BCUT2D eigenvalue weighted by atomic mass is 16.6. The lowest BCUT2D eigenvalue weighted by Gasteiger charge is -2.15. The van der Waals surface area contributed by atoms with E-state index < -0.39 is 10.9 Å². The van der Waals surface area contributed by atoms with Gasteiger partial charge in [-0.05, 0) is 37.3 Å². The normalized spacial score (nSPS) is 18.8. The van der Waals surface area contributed by atoms with Crippen LogP contribution in [0, 0.1) is 16.0 Å². The summed E-state index contributed by atoms with van der Waals surface area (Å²) < 4.78 is 0. The Morgan fingerprint density at radius 2 is 2.10 bits per heavy atom. The van der Waals surface area contributed by atoms with Crippen molar-refractivity contribution < 1.29 is 14.8 Å². The molecule has 1 heterocycles. The molecule has 0 radical (unpaired) electrons. The number of likely N-dealkylation sites (tertiary alicyclic amines) is 1. The molecule has 0 amide bonds. The van der Waals surface area contributed by atoms with E-state index in [0.717, 1.165) is 44.5 Å². The molecule has 1 aliphatic rings. The molecule has 1 saturated heterocycles. The molecule has 6 nitrogen and oxygen atoms in total. The van der Waals surface area contributed by atoms with E-state index in [9.17, 15) is 14.9 Å². The Labute approximate surface area is 123 Å². The first-order valence-corrected chi connectivity index (χ1v) is 7.22. The largest absolute Gasteiger partial charge is 0.481 e. The molecule has 2 rings (SSSR count). The van der Waals surface area contributed by atoms with Gasteiger partial charge in [0.25, 0.3) is 5.69 Å². The second kappa shape index (κ2) is 7.17. The summed E-state index contributed by atoms with van der Waals surface area (Å²) >= 11 is 0. The van der Waals surface area contributed by atoms with Gasteiger partial charge in [-0.15, -0.1) is 0 Å². The van der Waals surface area contributed by atoms with Crippen molar-refractivity contribution >= 4 is 11.7 Å². The number of nitro benzene ring substituents is 1. The zero-order chi connectivity index (χ0) is 15.2. The summed E-state index contributed by atoms with van der Waals surface area (Å²) in [5.41, 5.74) is 1.21. The van der Waals surface area contributed by atoms with E-state index in [1.165, 1.54) is 12.1 Å². The maximum Gasteiger partial charge on any atom is 0.303 e. The number of carboxylic acids is 1. The first-order valence-electron chi connectivity index (χ1n) is 7.22. The molecule has 1 N–H and O–H groups in total. The molecule has 1 aliphatic heterocycles. The lowest BCUT2D eigenvalue weighted by molar-refractivity contribution is -0.384. The predicted molar refractivity (Wildman–Crippen MR) is 78.2 cm³/mol. The van der Waals surface area contributed by atoms with Gasteiger partial charge in [-0.1, -0.05) is 12.1 Å². The third kappa shape index (κ3) is 4.82. The van der Waals surface area contributed by atoms with Crippen molar-refractivity contribution in [1.82, 2.24) is 4.90 Å². The van der Waals surface area contributed by atoms with Gasteiger partial charge < -0.3 is 10.0 Å². The van der Waals surface area contributed by atoms with Crippen molar-refractivity contribution in [3.8, 4) is 0 Å². The van der Waals surface area contributed by atoms with Crippen molar-refractivity contribution in [2.75, 3.05) is 19.6 Å². The molecule has 1 atom stereocenters. The number of non-ortho nitro benzene ring substituents is 1. The first-order chi connectivity index (χ1) is 10.0. The van der Waals surface area contributed by atoms with Crippen LogP contribution in [0.2, 0.25) is 0 Å². The Kier molecular flexibility index (Phi) is 5.27. The summed E-state index contributed by atoms with van der Waals surface area (Å²) in [6.07, 6.45) is 2.93. The van der Waals surface area contributed by atoms with Crippen molar-refractivity contribution in [2.24, 2.45) is 5.92 Å². The van der Waals surface area contributed by atoms with Crippen LogP contribution >= 0.6 is 0 Å². The number of hydrogen-bond donors (Lipinski definition) is 1. The van der Waals surface area contributed by atoms with E-state index in [1.807, 2.05) is 0 Å². The monoisotopic (exact) mass is 292 g/mol. The lowest BCUT2D eigenvalue weighted by atomic mass is 10.0. The molecule has 1 fully saturated rings.